The molecule has 3 unspecified atom stereocenters. The van der Waals surface area contributed by atoms with E-state index in [0.717, 1.165) is 0 Å². The summed E-state index contributed by atoms with van der Waals surface area (Å²) in [6.07, 6.45) is -1.22. The van der Waals surface area contributed by atoms with Gasteiger partial charge in [-0.2, -0.15) is 0 Å². The van der Waals surface area contributed by atoms with Crippen LogP contribution in [0.1, 0.15) is 107 Å². The Balaban J connectivity index is 3.56. The number of carbonyl (C=O) groups excluding carboxylic acids is 3. The van der Waals surface area contributed by atoms with Crippen molar-refractivity contribution < 1.29 is 48.0 Å². The Hall–Kier alpha value is -3.34. The van der Waals surface area contributed by atoms with Gasteiger partial charge in [0.2, 0.25) is 0 Å². The summed E-state index contributed by atoms with van der Waals surface area (Å²) < 4.78 is 27.3. The molecule has 238 valence electrons. The van der Waals surface area contributed by atoms with Gasteiger partial charge in [-0.3, -0.25) is 9.59 Å². The number of benzene rings is 1. The first-order valence-electron chi connectivity index (χ1n) is 14.3. The molecule has 0 saturated carbocycles. The summed E-state index contributed by atoms with van der Waals surface area (Å²) in [5.41, 5.74) is 4.12. The van der Waals surface area contributed by atoms with E-state index in [0.29, 0.717) is 24.8 Å². The lowest BCUT2D eigenvalue weighted by atomic mass is 9.79. The van der Waals surface area contributed by atoms with E-state index < -0.39 is 64.8 Å². The lowest BCUT2D eigenvalue weighted by molar-refractivity contribution is -0.162. The molecule has 0 heterocycles. The minimum Gasteiger partial charge on any atom is -0.480 e. The average molecular weight is 596 g/mol. The van der Waals surface area contributed by atoms with Gasteiger partial charge in [-0.05, 0) is 85.4 Å². The number of aliphatic carboxylic acids is 1. The van der Waals surface area contributed by atoms with Crippen molar-refractivity contribution in [2.24, 2.45) is 17.1 Å². The number of carbonyl (C=O) groups is 4. The number of esters is 1. The van der Waals surface area contributed by atoms with Crippen LogP contribution in [0.15, 0.2) is 18.2 Å². The summed E-state index contributed by atoms with van der Waals surface area (Å²) in [5.74, 6) is -3.55. The van der Waals surface area contributed by atoms with E-state index >= 15 is 0 Å². The van der Waals surface area contributed by atoms with Crippen molar-refractivity contribution in [1.82, 2.24) is 0 Å². The first-order valence-corrected chi connectivity index (χ1v) is 14.3. The van der Waals surface area contributed by atoms with Crippen molar-refractivity contribution in [2.75, 3.05) is 0 Å². The van der Waals surface area contributed by atoms with E-state index in [9.17, 15) is 24.3 Å². The van der Waals surface area contributed by atoms with Gasteiger partial charge < -0.3 is 34.5 Å². The lowest BCUT2D eigenvalue weighted by Gasteiger charge is -2.33. The number of hydrogen-bond donors (Lipinski definition) is 2. The molecule has 0 aliphatic rings. The first-order chi connectivity index (χ1) is 19.2. The third-order valence-electron chi connectivity index (χ3n) is 7.87. The molecule has 0 amide bonds. The summed E-state index contributed by atoms with van der Waals surface area (Å²) in [7, 11) is 0. The fourth-order valence-corrected chi connectivity index (χ4v) is 3.58. The minimum absolute atomic E-state index is 0.152. The average Bonchev–Trinajstić information content (AvgIpc) is 2.89. The molecule has 0 spiro atoms. The zero-order valence-corrected chi connectivity index (χ0v) is 26.9. The van der Waals surface area contributed by atoms with Crippen molar-refractivity contribution in [1.29, 1.82) is 0 Å². The van der Waals surface area contributed by atoms with Gasteiger partial charge in [0.05, 0.1) is 5.41 Å². The van der Waals surface area contributed by atoms with E-state index in [-0.39, 0.29) is 11.5 Å². The van der Waals surface area contributed by atoms with Crippen LogP contribution in [-0.2, 0) is 23.8 Å². The van der Waals surface area contributed by atoms with Gasteiger partial charge in [-0.25, -0.2) is 9.59 Å². The molecule has 11 nitrogen and oxygen atoms in total. The second-order valence-corrected chi connectivity index (χ2v) is 12.4. The third kappa shape index (κ3) is 10.5. The Labute approximate surface area is 249 Å². The standard InChI is InChI=1S/C31H49NO10/c1-12-29(6,7)26(35)38-19(5)18(4)23(24(32)25(33)34)20-15-16-21(39-27(36)41-30(8,9)13-2)22(17-20)40-28(37)42-31(10,11)14-3/h15-19,23-24H,12-14,32H2,1-11H3,(H,33,34)/t18?,19?,23?,24-/m0/s1. The second-order valence-electron chi connectivity index (χ2n) is 12.4. The molecule has 0 radical (unpaired) electrons. The minimum atomic E-state index is -1.42. The van der Waals surface area contributed by atoms with Crippen molar-refractivity contribution >= 4 is 24.2 Å². The smallest absolute Gasteiger partial charge is 0.480 e. The molecule has 4 atom stereocenters. The number of ether oxygens (including phenoxy) is 5. The Kier molecular flexibility index (Phi) is 12.8. The van der Waals surface area contributed by atoms with Gasteiger partial charge in [-0.15, -0.1) is 0 Å². The predicted molar refractivity (Wildman–Crippen MR) is 157 cm³/mol. The number of carboxylic acids is 1. The highest BCUT2D eigenvalue weighted by Gasteiger charge is 2.38. The second kappa shape index (κ2) is 14.7. The van der Waals surface area contributed by atoms with Gasteiger partial charge in [0, 0.05) is 11.8 Å². The maximum Gasteiger partial charge on any atom is 0.514 e. The molecule has 11 heteroatoms. The molecule has 0 saturated heterocycles. The molecule has 42 heavy (non-hydrogen) atoms. The van der Waals surface area contributed by atoms with Crippen LogP contribution < -0.4 is 15.2 Å². The Morgan fingerprint density at radius 3 is 1.71 bits per heavy atom. The van der Waals surface area contributed by atoms with E-state index in [2.05, 4.69) is 0 Å². The van der Waals surface area contributed by atoms with Crippen molar-refractivity contribution in [3.8, 4) is 11.5 Å². The quantitative estimate of drug-likeness (QED) is 0.135. The van der Waals surface area contributed by atoms with Crippen molar-refractivity contribution in [2.45, 2.75) is 125 Å². The van der Waals surface area contributed by atoms with Crippen LogP contribution in [0.4, 0.5) is 9.59 Å². The molecular formula is C31H49NO10. The highest BCUT2D eigenvalue weighted by molar-refractivity contribution is 5.76. The summed E-state index contributed by atoms with van der Waals surface area (Å²) in [6.45, 7) is 19.3. The highest BCUT2D eigenvalue weighted by Crippen LogP contribution is 2.38. The van der Waals surface area contributed by atoms with Crippen molar-refractivity contribution in [3.63, 3.8) is 0 Å². The zero-order chi connectivity index (χ0) is 32.6. The molecule has 0 aliphatic heterocycles. The summed E-state index contributed by atoms with van der Waals surface area (Å²) in [5, 5.41) is 9.84. The third-order valence-corrected chi connectivity index (χ3v) is 7.87. The number of hydrogen-bond acceptors (Lipinski definition) is 10. The van der Waals surface area contributed by atoms with Gasteiger partial charge in [0.1, 0.15) is 23.3 Å². The normalized spacial score (nSPS) is 15.0. The first kappa shape index (κ1) is 36.7. The van der Waals surface area contributed by atoms with Gasteiger partial charge >= 0.3 is 24.2 Å². The fraction of sp³-hybridized carbons (Fsp3) is 0.677. The van der Waals surface area contributed by atoms with Crippen LogP contribution in [0.2, 0.25) is 0 Å². The Morgan fingerprint density at radius 2 is 1.29 bits per heavy atom. The zero-order valence-electron chi connectivity index (χ0n) is 26.9. The van der Waals surface area contributed by atoms with E-state index in [1.807, 2.05) is 20.8 Å². The molecular weight excluding hydrogens is 546 g/mol. The molecule has 0 aliphatic carbocycles. The van der Waals surface area contributed by atoms with E-state index in [1.165, 1.54) is 18.2 Å². The SMILES string of the molecule is CCC(C)(C)OC(=O)Oc1ccc(C(C(C)C(C)OC(=O)C(C)(C)CC)[C@H](N)C(=O)O)cc1OC(=O)OC(C)(C)CC. The van der Waals surface area contributed by atoms with Crippen molar-refractivity contribution in [3.05, 3.63) is 23.8 Å². The number of carboxylic acid groups (broad SMARTS) is 1. The Morgan fingerprint density at radius 1 is 0.810 bits per heavy atom. The summed E-state index contributed by atoms with van der Waals surface area (Å²) in [4.78, 5) is 50.1. The molecule has 0 fully saturated rings. The Bertz CT molecular complexity index is 1110. The van der Waals surface area contributed by atoms with Crippen LogP contribution in [-0.4, -0.2) is 52.7 Å². The molecule has 0 aromatic heterocycles. The molecule has 0 bridgehead atoms. The maximum atomic E-state index is 12.8. The molecule has 1 aromatic rings. The number of rotatable bonds is 14. The summed E-state index contributed by atoms with van der Waals surface area (Å²) in [6, 6.07) is 2.81. The lowest BCUT2D eigenvalue weighted by Crippen LogP contribution is -2.43. The molecule has 1 aromatic carbocycles. The molecule has 1 rings (SSSR count). The van der Waals surface area contributed by atoms with Gasteiger partial charge in [0.25, 0.3) is 0 Å². The predicted octanol–water partition coefficient (Wildman–Crippen LogP) is 6.59. The monoisotopic (exact) mass is 595 g/mol. The van der Waals surface area contributed by atoms with Crippen LogP contribution in [0.25, 0.3) is 0 Å². The van der Waals surface area contributed by atoms with Crippen LogP contribution in [0.5, 0.6) is 11.5 Å². The van der Waals surface area contributed by atoms with Gasteiger partial charge in [0.15, 0.2) is 11.5 Å². The largest absolute Gasteiger partial charge is 0.514 e. The fourth-order valence-electron chi connectivity index (χ4n) is 3.58. The van der Waals surface area contributed by atoms with E-state index in [1.54, 1.807) is 55.4 Å². The molecule has 3 N–H and O–H groups in total. The van der Waals surface area contributed by atoms with Crippen LogP contribution in [0.3, 0.4) is 0 Å². The highest BCUT2D eigenvalue weighted by atomic mass is 16.8. The maximum absolute atomic E-state index is 12.8. The van der Waals surface area contributed by atoms with Crippen LogP contribution in [0, 0.1) is 11.3 Å². The number of nitrogens with two attached hydrogens (primary N) is 1. The topological polar surface area (TPSA) is 161 Å². The van der Waals surface area contributed by atoms with Gasteiger partial charge in [-0.1, -0.05) is 33.8 Å². The van der Waals surface area contributed by atoms with Crippen LogP contribution >= 0.6 is 0 Å². The van der Waals surface area contributed by atoms with E-state index in [4.69, 9.17) is 29.4 Å². The summed E-state index contributed by atoms with van der Waals surface area (Å²) >= 11 is 0.